The van der Waals surface area contributed by atoms with E-state index in [0.29, 0.717) is 11.4 Å². The topological polar surface area (TPSA) is 93.7 Å². The van der Waals surface area contributed by atoms with Crippen molar-refractivity contribution in [3.8, 4) is 5.75 Å². The molecule has 8 heteroatoms. The Hall–Kier alpha value is -3.42. The van der Waals surface area contributed by atoms with E-state index in [2.05, 4.69) is 10.6 Å². The maximum absolute atomic E-state index is 12.9. The van der Waals surface area contributed by atoms with Gasteiger partial charge in [0.1, 0.15) is 11.6 Å². The molecule has 2 rings (SSSR count). The molecule has 0 radical (unpaired) electrons. The molecule has 29 heavy (non-hydrogen) atoms. The highest BCUT2D eigenvalue weighted by Crippen LogP contribution is 2.15. The van der Waals surface area contributed by atoms with Crippen LogP contribution in [0.2, 0.25) is 0 Å². The zero-order valence-corrected chi connectivity index (χ0v) is 16.2. The summed E-state index contributed by atoms with van der Waals surface area (Å²) < 4.78 is 23.0. The van der Waals surface area contributed by atoms with Crippen molar-refractivity contribution in [3.63, 3.8) is 0 Å². The van der Waals surface area contributed by atoms with Gasteiger partial charge in [0, 0.05) is 5.69 Å². The summed E-state index contributed by atoms with van der Waals surface area (Å²) in [6.07, 6.45) is -0.223. The van der Waals surface area contributed by atoms with E-state index in [0.717, 1.165) is 12.0 Å². The summed E-state index contributed by atoms with van der Waals surface area (Å²) in [5.74, 6) is -1.90. The monoisotopic (exact) mass is 402 g/mol. The molecule has 0 spiro atoms. The molecule has 2 aromatic carbocycles. The van der Waals surface area contributed by atoms with Gasteiger partial charge >= 0.3 is 5.97 Å². The van der Waals surface area contributed by atoms with Crippen molar-refractivity contribution in [2.24, 2.45) is 0 Å². The minimum absolute atomic E-state index is 0.254. The molecule has 0 bridgehead atoms. The maximum Gasteiger partial charge on any atom is 0.347 e. The van der Waals surface area contributed by atoms with Crippen LogP contribution in [0.3, 0.4) is 0 Å². The normalized spacial score (nSPS) is 11.3. The molecule has 0 aliphatic rings. The minimum atomic E-state index is -0.984. The number of ether oxygens (including phenoxy) is 2. The fraction of sp³-hybridized carbons (Fsp3) is 0.286. The van der Waals surface area contributed by atoms with Gasteiger partial charge in [-0.2, -0.15) is 0 Å². The quantitative estimate of drug-likeness (QED) is 0.629. The summed E-state index contributed by atoms with van der Waals surface area (Å²) in [4.78, 5) is 35.7. The van der Waals surface area contributed by atoms with Crippen molar-refractivity contribution >= 4 is 23.5 Å². The predicted molar refractivity (Wildman–Crippen MR) is 105 cm³/mol. The summed E-state index contributed by atoms with van der Waals surface area (Å²) in [7, 11) is 0. The molecule has 0 unspecified atom stereocenters. The van der Waals surface area contributed by atoms with Gasteiger partial charge in [-0.1, -0.05) is 25.1 Å². The molecule has 2 aromatic rings. The lowest BCUT2D eigenvalue weighted by molar-refractivity contribution is -0.154. The van der Waals surface area contributed by atoms with Crippen LogP contribution >= 0.6 is 0 Å². The lowest BCUT2D eigenvalue weighted by atomic mass is 10.1. The molecule has 0 heterocycles. The van der Waals surface area contributed by atoms with E-state index < -0.39 is 36.3 Å². The van der Waals surface area contributed by atoms with Gasteiger partial charge in [0.15, 0.2) is 12.7 Å². The smallest absolute Gasteiger partial charge is 0.347 e. The molecule has 2 N–H and O–H groups in total. The van der Waals surface area contributed by atoms with E-state index in [9.17, 15) is 18.8 Å². The molecule has 0 saturated heterocycles. The van der Waals surface area contributed by atoms with Crippen molar-refractivity contribution in [1.82, 2.24) is 5.32 Å². The van der Waals surface area contributed by atoms with Crippen LogP contribution in [0.5, 0.6) is 5.75 Å². The van der Waals surface area contributed by atoms with Gasteiger partial charge in [0.05, 0.1) is 6.54 Å². The highest BCUT2D eigenvalue weighted by molar-refractivity contribution is 5.95. The Morgan fingerprint density at radius 3 is 2.41 bits per heavy atom. The highest BCUT2D eigenvalue weighted by Gasteiger charge is 2.18. The molecule has 0 saturated carbocycles. The number of amides is 2. The van der Waals surface area contributed by atoms with Crippen molar-refractivity contribution in [1.29, 1.82) is 0 Å². The number of halogens is 1. The first-order valence-electron chi connectivity index (χ1n) is 9.12. The van der Waals surface area contributed by atoms with Gasteiger partial charge in [-0.05, 0) is 49.2 Å². The fourth-order valence-electron chi connectivity index (χ4n) is 2.39. The van der Waals surface area contributed by atoms with Crippen molar-refractivity contribution in [3.05, 3.63) is 59.9 Å². The standard InChI is InChI=1S/C21H23FN2O5/c1-3-15-6-4-5-7-18(15)24-19(25)12-23-20(26)13-28-21(27)14(2)29-17-10-8-16(22)9-11-17/h4-11,14H,3,12-13H2,1-2H3,(H,23,26)(H,24,25)/t14-/m1/s1. The zero-order chi connectivity index (χ0) is 21.2. The molecule has 154 valence electrons. The van der Waals surface area contributed by atoms with E-state index >= 15 is 0 Å². The van der Waals surface area contributed by atoms with E-state index in [1.54, 1.807) is 6.07 Å². The summed E-state index contributed by atoms with van der Waals surface area (Å²) in [6, 6.07) is 12.5. The van der Waals surface area contributed by atoms with E-state index in [4.69, 9.17) is 9.47 Å². The Bertz CT molecular complexity index is 854. The van der Waals surface area contributed by atoms with Gasteiger partial charge in [-0.15, -0.1) is 0 Å². The maximum atomic E-state index is 12.9. The number of carbonyl (C=O) groups excluding carboxylic acids is 3. The first-order chi connectivity index (χ1) is 13.9. The summed E-state index contributed by atoms with van der Waals surface area (Å²) in [5.41, 5.74) is 1.67. The molecule has 0 aliphatic carbocycles. The van der Waals surface area contributed by atoms with E-state index in [-0.39, 0.29) is 6.54 Å². The van der Waals surface area contributed by atoms with Crippen LogP contribution < -0.4 is 15.4 Å². The predicted octanol–water partition coefficient (Wildman–Crippen LogP) is 2.45. The van der Waals surface area contributed by atoms with Gasteiger partial charge in [0.25, 0.3) is 5.91 Å². The van der Waals surface area contributed by atoms with E-state index in [1.807, 2.05) is 25.1 Å². The number of hydrogen-bond donors (Lipinski definition) is 2. The summed E-state index contributed by atoms with van der Waals surface area (Å²) in [5, 5.41) is 5.10. The number of hydrogen-bond acceptors (Lipinski definition) is 5. The molecule has 0 aliphatic heterocycles. The number of rotatable bonds is 9. The number of esters is 1. The first kappa shape index (κ1) is 21.9. The van der Waals surface area contributed by atoms with Crippen LogP contribution in [-0.2, 0) is 25.5 Å². The minimum Gasteiger partial charge on any atom is -0.479 e. The number of para-hydroxylation sites is 1. The van der Waals surface area contributed by atoms with Gasteiger partial charge in [-0.25, -0.2) is 9.18 Å². The molecular formula is C21H23FN2O5. The second kappa shape index (κ2) is 10.8. The Morgan fingerprint density at radius 2 is 1.72 bits per heavy atom. The number of nitrogens with one attached hydrogen (secondary N) is 2. The Labute approximate surface area is 168 Å². The molecular weight excluding hydrogens is 379 g/mol. The average molecular weight is 402 g/mol. The molecule has 7 nitrogen and oxygen atoms in total. The van der Waals surface area contributed by atoms with Crippen LogP contribution in [0.4, 0.5) is 10.1 Å². The SMILES string of the molecule is CCc1ccccc1NC(=O)CNC(=O)COC(=O)[C@@H](C)Oc1ccc(F)cc1. The lowest BCUT2D eigenvalue weighted by Gasteiger charge is -2.14. The molecule has 2 amide bonds. The zero-order valence-electron chi connectivity index (χ0n) is 16.2. The summed E-state index contributed by atoms with van der Waals surface area (Å²) >= 11 is 0. The molecule has 0 aromatic heterocycles. The van der Waals surface area contributed by atoms with Crippen molar-refractivity contribution < 1.29 is 28.2 Å². The number of carbonyl (C=O) groups is 3. The van der Waals surface area contributed by atoms with Crippen LogP contribution in [0.25, 0.3) is 0 Å². The molecule has 1 atom stereocenters. The van der Waals surface area contributed by atoms with Crippen LogP contribution in [0.15, 0.2) is 48.5 Å². The number of aryl methyl sites for hydroxylation is 1. The Balaban J connectivity index is 1.71. The second-order valence-electron chi connectivity index (χ2n) is 6.16. The highest BCUT2D eigenvalue weighted by atomic mass is 19.1. The van der Waals surface area contributed by atoms with Crippen LogP contribution in [0, 0.1) is 5.82 Å². The Morgan fingerprint density at radius 1 is 1.03 bits per heavy atom. The van der Waals surface area contributed by atoms with Gasteiger partial charge in [-0.3, -0.25) is 9.59 Å². The third-order valence-corrected chi connectivity index (χ3v) is 3.92. The first-order valence-corrected chi connectivity index (χ1v) is 9.12. The van der Waals surface area contributed by atoms with Crippen LogP contribution in [-0.4, -0.2) is 37.0 Å². The van der Waals surface area contributed by atoms with Crippen molar-refractivity contribution in [2.75, 3.05) is 18.5 Å². The van der Waals surface area contributed by atoms with Crippen LogP contribution in [0.1, 0.15) is 19.4 Å². The number of anilines is 1. The molecule has 0 fully saturated rings. The summed E-state index contributed by atoms with van der Waals surface area (Å²) in [6.45, 7) is 2.62. The fourth-order valence-corrected chi connectivity index (χ4v) is 2.39. The largest absolute Gasteiger partial charge is 0.479 e. The van der Waals surface area contributed by atoms with E-state index in [1.165, 1.54) is 31.2 Å². The van der Waals surface area contributed by atoms with Gasteiger partial charge in [0.2, 0.25) is 5.91 Å². The number of benzene rings is 2. The third-order valence-electron chi connectivity index (χ3n) is 3.92. The Kier molecular flexibility index (Phi) is 8.14. The average Bonchev–Trinajstić information content (AvgIpc) is 2.72. The lowest BCUT2D eigenvalue weighted by Crippen LogP contribution is -2.37. The second-order valence-corrected chi connectivity index (χ2v) is 6.16. The third kappa shape index (κ3) is 7.25. The van der Waals surface area contributed by atoms with Gasteiger partial charge < -0.3 is 20.1 Å². The van der Waals surface area contributed by atoms with Crippen molar-refractivity contribution in [2.45, 2.75) is 26.4 Å².